The second-order valence-corrected chi connectivity index (χ2v) is 4.74. The molecule has 0 spiro atoms. The second-order valence-electron chi connectivity index (χ2n) is 4.74. The number of carbonyl (C=O) groups is 2. The Kier molecular flexibility index (Phi) is 4.72. The lowest BCUT2D eigenvalue weighted by Gasteiger charge is -2.18. The number of aromatic nitrogens is 2. The molecular formula is C14H16FN5O2. The lowest BCUT2D eigenvalue weighted by Crippen LogP contribution is -2.35. The van der Waals surface area contributed by atoms with E-state index in [1.807, 2.05) is 0 Å². The number of nitrogens with two attached hydrogens (primary N) is 1. The van der Waals surface area contributed by atoms with Crippen LogP contribution in [0, 0.1) is 5.82 Å². The van der Waals surface area contributed by atoms with Gasteiger partial charge in [0.05, 0.1) is 24.3 Å². The van der Waals surface area contributed by atoms with Gasteiger partial charge in [-0.3, -0.25) is 9.48 Å². The molecule has 1 atom stereocenters. The minimum Gasteiger partial charge on any atom is -0.352 e. The Morgan fingerprint density at radius 1 is 1.41 bits per heavy atom. The molecule has 0 bridgehead atoms. The third kappa shape index (κ3) is 4.05. The summed E-state index contributed by atoms with van der Waals surface area (Å²) in [5.74, 6) is -0.912. The summed E-state index contributed by atoms with van der Waals surface area (Å²) >= 11 is 0. The van der Waals surface area contributed by atoms with Crippen LogP contribution in [0.2, 0.25) is 0 Å². The molecule has 4 N–H and O–H groups in total. The van der Waals surface area contributed by atoms with Crippen molar-refractivity contribution in [3.63, 3.8) is 0 Å². The van der Waals surface area contributed by atoms with Crippen molar-refractivity contribution in [2.45, 2.75) is 12.5 Å². The highest BCUT2D eigenvalue weighted by atomic mass is 19.1. The van der Waals surface area contributed by atoms with Crippen LogP contribution in [0.4, 0.5) is 14.9 Å². The summed E-state index contributed by atoms with van der Waals surface area (Å²) in [6.07, 6.45) is 2.95. The zero-order chi connectivity index (χ0) is 16.1. The average molecular weight is 305 g/mol. The van der Waals surface area contributed by atoms with Crippen LogP contribution in [-0.2, 0) is 11.8 Å². The van der Waals surface area contributed by atoms with E-state index in [9.17, 15) is 14.0 Å². The van der Waals surface area contributed by atoms with Gasteiger partial charge in [-0.2, -0.15) is 5.10 Å². The Bertz CT molecular complexity index is 685. The third-order valence-electron chi connectivity index (χ3n) is 2.98. The number of nitrogens with zero attached hydrogens (tertiary/aromatic N) is 2. The lowest BCUT2D eigenvalue weighted by molar-refractivity contribution is -0.116. The van der Waals surface area contributed by atoms with E-state index in [0.717, 1.165) is 0 Å². The first-order valence-corrected chi connectivity index (χ1v) is 6.54. The topological polar surface area (TPSA) is 102 Å². The Balaban J connectivity index is 2.11. The van der Waals surface area contributed by atoms with E-state index in [4.69, 9.17) is 5.73 Å². The van der Waals surface area contributed by atoms with Gasteiger partial charge in [-0.15, -0.1) is 0 Å². The van der Waals surface area contributed by atoms with Gasteiger partial charge in [0.2, 0.25) is 5.91 Å². The van der Waals surface area contributed by atoms with Crippen LogP contribution < -0.4 is 16.4 Å². The summed E-state index contributed by atoms with van der Waals surface area (Å²) < 4.78 is 15.4. The van der Waals surface area contributed by atoms with E-state index in [1.165, 1.54) is 29.1 Å². The number of urea groups is 1. The van der Waals surface area contributed by atoms with Crippen molar-refractivity contribution in [3.8, 4) is 0 Å². The van der Waals surface area contributed by atoms with E-state index < -0.39 is 23.8 Å². The fourth-order valence-corrected chi connectivity index (χ4v) is 2.05. The number of benzene rings is 1. The summed E-state index contributed by atoms with van der Waals surface area (Å²) in [7, 11) is 1.71. The number of rotatable bonds is 5. The molecule has 0 fully saturated rings. The quantitative estimate of drug-likeness (QED) is 0.775. The number of amides is 3. The molecule has 1 heterocycles. The Morgan fingerprint density at radius 2 is 2.14 bits per heavy atom. The highest BCUT2D eigenvalue weighted by Gasteiger charge is 2.20. The number of primary amides is 1. The molecule has 2 rings (SSSR count). The average Bonchev–Trinajstić information content (AvgIpc) is 2.83. The summed E-state index contributed by atoms with van der Waals surface area (Å²) in [6.45, 7) is 0. The monoisotopic (exact) mass is 305 g/mol. The molecule has 1 unspecified atom stereocenters. The van der Waals surface area contributed by atoms with Crippen LogP contribution in [0.1, 0.15) is 18.0 Å². The Morgan fingerprint density at radius 3 is 2.73 bits per heavy atom. The van der Waals surface area contributed by atoms with Crippen LogP contribution in [-0.4, -0.2) is 21.7 Å². The molecule has 0 radical (unpaired) electrons. The molecule has 0 saturated carbocycles. The maximum Gasteiger partial charge on any atom is 0.312 e. The van der Waals surface area contributed by atoms with Crippen molar-refractivity contribution in [2.24, 2.45) is 12.8 Å². The Labute approximate surface area is 126 Å². The minimum atomic E-state index is -0.852. The largest absolute Gasteiger partial charge is 0.352 e. The van der Waals surface area contributed by atoms with Crippen molar-refractivity contribution in [3.05, 3.63) is 48.0 Å². The van der Waals surface area contributed by atoms with E-state index in [1.54, 1.807) is 19.3 Å². The number of carbonyl (C=O) groups excluding carboxylic acids is 2. The molecule has 22 heavy (non-hydrogen) atoms. The first-order chi connectivity index (χ1) is 10.5. The van der Waals surface area contributed by atoms with Crippen molar-refractivity contribution in [2.75, 3.05) is 5.32 Å². The van der Waals surface area contributed by atoms with Gasteiger partial charge in [0.1, 0.15) is 5.82 Å². The zero-order valence-electron chi connectivity index (χ0n) is 11.9. The van der Waals surface area contributed by atoms with Crippen LogP contribution in [0.3, 0.4) is 0 Å². The predicted octanol–water partition coefficient (Wildman–Crippen LogP) is 1.30. The lowest BCUT2D eigenvalue weighted by atomic mass is 10.0. The highest BCUT2D eigenvalue weighted by molar-refractivity contribution is 5.91. The van der Waals surface area contributed by atoms with Gasteiger partial charge in [0.25, 0.3) is 0 Å². The van der Waals surface area contributed by atoms with E-state index >= 15 is 0 Å². The van der Waals surface area contributed by atoms with Crippen molar-refractivity contribution >= 4 is 17.6 Å². The fraction of sp³-hybridized carbons (Fsp3) is 0.214. The minimum absolute atomic E-state index is 0.154. The summed E-state index contributed by atoms with van der Waals surface area (Å²) in [6, 6.07) is 4.21. The molecule has 8 heteroatoms. The fourth-order valence-electron chi connectivity index (χ4n) is 2.05. The molecule has 2 aromatic rings. The highest BCUT2D eigenvalue weighted by Crippen LogP contribution is 2.20. The maximum absolute atomic E-state index is 13.8. The molecule has 1 aromatic carbocycles. The van der Waals surface area contributed by atoms with Crippen LogP contribution in [0.15, 0.2) is 36.7 Å². The number of halogens is 1. The van der Waals surface area contributed by atoms with Gasteiger partial charge in [0.15, 0.2) is 0 Å². The first kappa shape index (κ1) is 15.5. The number of nitrogens with one attached hydrogen (secondary N) is 2. The summed E-state index contributed by atoms with van der Waals surface area (Å²) in [4.78, 5) is 23.1. The van der Waals surface area contributed by atoms with Crippen molar-refractivity contribution in [1.29, 1.82) is 0 Å². The molecule has 3 amide bonds. The molecule has 7 nitrogen and oxygen atoms in total. The van der Waals surface area contributed by atoms with Crippen LogP contribution >= 0.6 is 0 Å². The smallest absolute Gasteiger partial charge is 0.312 e. The molecule has 116 valence electrons. The number of anilines is 1. The predicted molar refractivity (Wildman–Crippen MR) is 78.3 cm³/mol. The maximum atomic E-state index is 13.8. The van der Waals surface area contributed by atoms with Crippen LogP contribution in [0.5, 0.6) is 0 Å². The normalized spacial score (nSPS) is 11.7. The van der Waals surface area contributed by atoms with E-state index in [-0.39, 0.29) is 12.0 Å². The molecule has 1 aromatic heterocycles. The van der Waals surface area contributed by atoms with Crippen molar-refractivity contribution < 1.29 is 14.0 Å². The van der Waals surface area contributed by atoms with Gasteiger partial charge in [-0.1, -0.05) is 18.2 Å². The molecule has 0 aliphatic rings. The molecular weight excluding hydrogens is 289 g/mol. The van der Waals surface area contributed by atoms with Gasteiger partial charge in [-0.05, 0) is 6.07 Å². The number of aryl methyl sites for hydroxylation is 1. The molecule has 0 aliphatic carbocycles. The Hall–Kier alpha value is -2.90. The first-order valence-electron chi connectivity index (χ1n) is 6.54. The second kappa shape index (κ2) is 6.70. The SMILES string of the molecule is Cn1cc(NC(=O)CC(NC(N)=O)c2ccccc2F)cn1. The van der Waals surface area contributed by atoms with E-state index in [0.29, 0.717) is 5.69 Å². The van der Waals surface area contributed by atoms with Crippen LogP contribution in [0.25, 0.3) is 0 Å². The summed E-state index contributed by atoms with van der Waals surface area (Å²) in [5, 5.41) is 8.92. The summed E-state index contributed by atoms with van der Waals surface area (Å²) in [5.41, 5.74) is 5.80. The van der Waals surface area contributed by atoms with Crippen molar-refractivity contribution in [1.82, 2.24) is 15.1 Å². The molecule has 0 saturated heterocycles. The van der Waals surface area contributed by atoms with Gasteiger partial charge >= 0.3 is 6.03 Å². The van der Waals surface area contributed by atoms with E-state index in [2.05, 4.69) is 15.7 Å². The van der Waals surface area contributed by atoms with Gasteiger partial charge < -0.3 is 16.4 Å². The zero-order valence-corrected chi connectivity index (χ0v) is 11.9. The standard InChI is InChI=1S/C14H16FN5O2/c1-20-8-9(7-17-20)18-13(21)6-12(19-14(16)22)10-4-2-3-5-11(10)15/h2-5,7-8,12H,6H2,1H3,(H,18,21)(H3,16,19,22). The van der Waals surface area contributed by atoms with Gasteiger partial charge in [0, 0.05) is 18.8 Å². The third-order valence-corrected chi connectivity index (χ3v) is 2.98. The number of hydrogen-bond acceptors (Lipinski definition) is 3. The molecule has 0 aliphatic heterocycles. The van der Waals surface area contributed by atoms with Gasteiger partial charge in [-0.25, -0.2) is 9.18 Å². The number of hydrogen-bond donors (Lipinski definition) is 3.